The van der Waals surface area contributed by atoms with E-state index in [0.29, 0.717) is 12.2 Å². The van der Waals surface area contributed by atoms with E-state index >= 15 is 0 Å². The molecule has 1 saturated heterocycles. The summed E-state index contributed by atoms with van der Waals surface area (Å²) in [7, 11) is 0. The van der Waals surface area contributed by atoms with Gasteiger partial charge in [-0.1, -0.05) is 6.92 Å². The van der Waals surface area contributed by atoms with E-state index in [-0.39, 0.29) is 0 Å². The lowest BCUT2D eigenvalue weighted by atomic mass is 10.1. The predicted molar refractivity (Wildman–Crippen MR) is 57.5 cm³/mol. The number of quaternary nitrogens is 1. The van der Waals surface area contributed by atoms with Gasteiger partial charge in [0.2, 0.25) is 0 Å². The largest absolute Gasteiger partial charge is 0.364 e. The maximum absolute atomic E-state index is 5.78. The van der Waals surface area contributed by atoms with Crippen LogP contribution in [-0.2, 0) is 4.74 Å². The Morgan fingerprint density at radius 3 is 2.14 bits per heavy atom. The Hall–Kier alpha value is -0.0800. The summed E-state index contributed by atoms with van der Waals surface area (Å²) >= 11 is 0. The predicted octanol–water partition coefficient (Wildman–Crippen LogP) is 0.867. The van der Waals surface area contributed by atoms with Crippen LogP contribution in [-0.4, -0.2) is 31.3 Å². The van der Waals surface area contributed by atoms with Crippen molar-refractivity contribution in [3.8, 4) is 0 Å². The molecular weight excluding hydrogens is 174 g/mol. The molecule has 0 aromatic rings. The third-order valence-corrected chi connectivity index (χ3v) is 3.84. The van der Waals surface area contributed by atoms with Gasteiger partial charge in [-0.25, -0.2) is 0 Å². The molecule has 2 rings (SSSR count). The van der Waals surface area contributed by atoms with E-state index in [0.717, 1.165) is 12.0 Å². The van der Waals surface area contributed by atoms with Crippen molar-refractivity contribution in [2.24, 2.45) is 5.92 Å². The van der Waals surface area contributed by atoms with Crippen LogP contribution in [0.5, 0.6) is 0 Å². The van der Waals surface area contributed by atoms with Crippen LogP contribution in [0.25, 0.3) is 0 Å². The highest BCUT2D eigenvalue weighted by Gasteiger charge is 2.35. The quantitative estimate of drug-likeness (QED) is 0.660. The Morgan fingerprint density at radius 2 is 1.64 bits per heavy atom. The molecule has 1 N–H and O–H groups in total. The average molecular weight is 198 g/mol. The normalized spacial score (nSPS) is 49.5. The van der Waals surface area contributed by atoms with Crippen LogP contribution in [0.1, 0.15) is 40.0 Å². The fourth-order valence-electron chi connectivity index (χ4n) is 3.23. The highest BCUT2D eigenvalue weighted by atomic mass is 16.5. The van der Waals surface area contributed by atoms with Crippen LogP contribution in [0.3, 0.4) is 0 Å². The van der Waals surface area contributed by atoms with E-state index in [1.807, 2.05) is 0 Å². The highest BCUT2D eigenvalue weighted by Crippen LogP contribution is 2.23. The Bertz CT molecular complexity index is 185. The summed E-state index contributed by atoms with van der Waals surface area (Å²) < 4.78 is 5.78. The summed E-state index contributed by atoms with van der Waals surface area (Å²) in [4.78, 5) is 1.81. The molecular formula is C12H24NO+. The van der Waals surface area contributed by atoms with Gasteiger partial charge in [0.05, 0.1) is 6.04 Å². The van der Waals surface area contributed by atoms with Gasteiger partial charge in [0.15, 0.2) is 0 Å². The topological polar surface area (TPSA) is 13.7 Å². The molecule has 1 aliphatic heterocycles. The molecule has 14 heavy (non-hydrogen) atoms. The molecule has 1 unspecified atom stereocenters. The van der Waals surface area contributed by atoms with Crippen molar-refractivity contribution >= 4 is 0 Å². The molecule has 0 bridgehead atoms. The second-order valence-electron chi connectivity index (χ2n) is 5.44. The van der Waals surface area contributed by atoms with Crippen LogP contribution >= 0.6 is 0 Å². The maximum Gasteiger partial charge on any atom is 0.104 e. The zero-order valence-corrected chi connectivity index (χ0v) is 9.75. The van der Waals surface area contributed by atoms with E-state index in [9.17, 15) is 0 Å². The van der Waals surface area contributed by atoms with E-state index < -0.39 is 0 Å². The van der Waals surface area contributed by atoms with Crippen molar-refractivity contribution in [3.05, 3.63) is 0 Å². The molecule has 2 nitrogen and oxygen atoms in total. The number of morpholine rings is 1. The van der Waals surface area contributed by atoms with Crippen molar-refractivity contribution < 1.29 is 9.64 Å². The van der Waals surface area contributed by atoms with Gasteiger partial charge in [0, 0.05) is 6.42 Å². The summed E-state index contributed by atoms with van der Waals surface area (Å²) in [5, 5.41) is 0. The minimum absolute atomic E-state index is 0.463. The summed E-state index contributed by atoms with van der Waals surface area (Å²) in [6.07, 6.45) is 5.25. The average Bonchev–Trinajstić information content (AvgIpc) is 2.50. The number of rotatable bonds is 1. The zero-order chi connectivity index (χ0) is 10.1. The molecule has 0 aromatic carbocycles. The lowest BCUT2D eigenvalue weighted by molar-refractivity contribution is -0.938. The van der Waals surface area contributed by atoms with Crippen LogP contribution in [0.15, 0.2) is 0 Å². The molecule has 2 heteroatoms. The molecule has 1 saturated carbocycles. The number of ether oxygens (including phenoxy) is 1. The fraction of sp³-hybridized carbons (Fsp3) is 1.00. The molecule has 1 aliphatic carbocycles. The lowest BCUT2D eigenvalue weighted by Crippen LogP contribution is -3.18. The number of hydrogen-bond donors (Lipinski definition) is 1. The third-order valence-electron chi connectivity index (χ3n) is 3.84. The van der Waals surface area contributed by atoms with Crippen LogP contribution in [0.2, 0.25) is 0 Å². The molecule has 1 heterocycles. The summed E-state index contributed by atoms with van der Waals surface area (Å²) in [5.41, 5.74) is 0. The minimum atomic E-state index is 0.463. The van der Waals surface area contributed by atoms with Crippen LogP contribution in [0, 0.1) is 5.92 Å². The van der Waals surface area contributed by atoms with E-state index in [1.54, 1.807) is 4.90 Å². The molecule has 0 spiro atoms. The van der Waals surface area contributed by atoms with Crippen molar-refractivity contribution in [2.75, 3.05) is 13.1 Å². The van der Waals surface area contributed by atoms with Gasteiger partial charge in [0.1, 0.15) is 25.3 Å². The zero-order valence-electron chi connectivity index (χ0n) is 9.75. The standard InChI is InChI=1S/C12H23NO/c1-9-4-5-12(6-9)13-7-10(2)14-11(3)8-13/h9-12H,4-8H2,1-3H3/p+1/t9-,10-,11+,12-/m1/s1. The Labute approximate surface area is 87.6 Å². The van der Waals surface area contributed by atoms with Crippen molar-refractivity contribution in [3.63, 3.8) is 0 Å². The van der Waals surface area contributed by atoms with Crippen LogP contribution < -0.4 is 4.90 Å². The first-order chi connectivity index (χ1) is 6.65. The Balaban J connectivity index is 1.90. The fourth-order valence-corrected chi connectivity index (χ4v) is 3.23. The van der Waals surface area contributed by atoms with Gasteiger partial charge >= 0.3 is 0 Å². The summed E-state index contributed by atoms with van der Waals surface area (Å²) in [6, 6.07) is 0.929. The molecule has 2 fully saturated rings. The number of nitrogens with one attached hydrogen (secondary N) is 1. The molecule has 5 atom stereocenters. The first-order valence-corrected chi connectivity index (χ1v) is 6.15. The van der Waals surface area contributed by atoms with E-state index in [4.69, 9.17) is 4.74 Å². The van der Waals surface area contributed by atoms with Crippen molar-refractivity contribution in [1.82, 2.24) is 0 Å². The SMILES string of the molecule is C[C@@H]1CC[C@@H]([NH+]2C[C@@H](C)O[C@@H](C)C2)C1. The van der Waals surface area contributed by atoms with Crippen LogP contribution in [0.4, 0.5) is 0 Å². The molecule has 0 aromatic heterocycles. The monoisotopic (exact) mass is 198 g/mol. The van der Waals surface area contributed by atoms with E-state index in [2.05, 4.69) is 20.8 Å². The Kier molecular flexibility index (Phi) is 3.13. The van der Waals surface area contributed by atoms with Gasteiger partial charge in [0.25, 0.3) is 0 Å². The minimum Gasteiger partial charge on any atom is -0.364 e. The molecule has 0 amide bonds. The molecule has 82 valence electrons. The Morgan fingerprint density at radius 1 is 1.00 bits per heavy atom. The third kappa shape index (κ3) is 2.29. The van der Waals surface area contributed by atoms with E-state index in [1.165, 1.54) is 32.4 Å². The maximum atomic E-state index is 5.78. The van der Waals surface area contributed by atoms with Gasteiger partial charge in [-0.3, -0.25) is 0 Å². The van der Waals surface area contributed by atoms with Crippen molar-refractivity contribution in [2.45, 2.75) is 58.3 Å². The summed E-state index contributed by atoms with van der Waals surface area (Å²) in [5.74, 6) is 0.959. The second kappa shape index (κ2) is 4.19. The first-order valence-electron chi connectivity index (χ1n) is 6.15. The molecule has 0 radical (unpaired) electrons. The van der Waals surface area contributed by atoms with Gasteiger partial charge in [-0.2, -0.15) is 0 Å². The van der Waals surface area contributed by atoms with Gasteiger partial charge in [-0.15, -0.1) is 0 Å². The van der Waals surface area contributed by atoms with Gasteiger partial charge in [-0.05, 0) is 32.6 Å². The smallest absolute Gasteiger partial charge is 0.104 e. The first kappa shape index (κ1) is 10.4. The molecule has 2 aliphatic rings. The number of hydrogen-bond acceptors (Lipinski definition) is 1. The second-order valence-corrected chi connectivity index (χ2v) is 5.44. The van der Waals surface area contributed by atoms with Crippen molar-refractivity contribution in [1.29, 1.82) is 0 Å². The highest BCUT2D eigenvalue weighted by molar-refractivity contribution is 4.73. The summed E-state index contributed by atoms with van der Waals surface area (Å²) in [6.45, 7) is 9.28. The lowest BCUT2D eigenvalue weighted by Gasteiger charge is -2.36. The van der Waals surface area contributed by atoms with Gasteiger partial charge < -0.3 is 9.64 Å².